The SMILES string of the molecule is COC(=O)c1cn(CC(=O)N(C)CC(=O)Nc2ccc(C)cc2)c2ccccc12. The van der Waals surface area contributed by atoms with E-state index in [2.05, 4.69) is 5.32 Å². The number of aryl methyl sites for hydroxylation is 1. The second-order valence-electron chi connectivity index (χ2n) is 6.84. The van der Waals surface area contributed by atoms with Crippen LogP contribution in [0.3, 0.4) is 0 Å². The molecule has 2 aromatic carbocycles. The zero-order chi connectivity index (χ0) is 21.0. The van der Waals surface area contributed by atoms with Crippen LogP contribution in [0.25, 0.3) is 10.9 Å². The van der Waals surface area contributed by atoms with Crippen LogP contribution in [0.2, 0.25) is 0 Å². The van der Waals surface area contributed by atoms with E-state index in [-0.39, 0.29) is 24.9 Å². The fraction of sp³-hybridized carbons (Fsp3) is 0.227. The molecule has 150 valence electrons. The number of methoxy groups -OCH3 is 1. The van der Waals surface area contributed by atoms with Crippen molar-refractivity contribution in [2.45, 2.75) is 13.5 Å². The molecule has 0 spiro atoms. The Hall–Kier alpha value is -3.61. The Morgan fingerprint density at radius 2 is 1.76 bits per heavy atom. The molecule has 3 rings (SSSR count). The summed E-state index contributed by atoms with van der Waals surface area (Å²) in [6.07, 6.45) is 1.61. The van der Waals surface area contributed by atoms with Crippen LogP contribution < -0.4 is 5.32 Å². The molecule has 0 radical (unpaired) electrons. The Kier molecular flexibility index (Phi) is 5.97. The average molecular weight is 393 g/mol. The van der Waals surface area contributed by atoms with Gasteiger partial charge in [0.15, 0.2) is 0 Å². The number of hydrogen-bond acceptors (Lipinski definition) is 4. The largest absolute Gasteiger partial charge is 0.465 e. The van der Waals surface area contributed by atoms with E-state index in [9.17, 15) is 14.4 Å². The summed E-state index contributed by atoms with van der Waals surface area (Å²) in [4.78, 5) is 38.3. The maximum atomic E-state index is 12.6. The predicted molar refractivity (Wildman–Crippen MR) is 111 cm³/mol. The van der Waals surface area contributed by atoms with Crippen molar-refractivity contribution in [3.05, 3.63) is 65.9 Å². The summed E-state index contributed by atoms with van der Waals surface area (Å²) < 4.78 is 6.52. The summed E-state index contributed by atoms with van der Waals surface area (Å²) in [5, 5.41) is 3.49. The van der Waals surface area contributed by atoms with Crippen molar-refractivity contribution in [3.63, 3.8) is 0 Å². The molecule has 0 fully saturated rings. The standard InChI is InChI=1S/C22H23N3O4/c1-15-8-10-16(11-9-15)23-20(26)13-24(2)21(27)14-25-12-18(22(28)29-3)17-6-4-5-7-19(17)25/h4-12H,13-14H2,1-3H3,(H,23,26). The van der Waals surface area contributed by atoms with Gasteiger partial charge in [0.2, 0.25) is 11.8 Å². The number of esters is 1. The molecule has 29 heavy (non-hydrogen) atoms. The van der Waals surface area contributed by atoms with Gasteiger partial charge >= 0.3 is 5.97 Å². The van der Waals surface area contributed by atoms with Gasteiger partial charge in [-0.25, -0.2) is 4.79 Å². The third kappa shape index (κ3) is 4.63. The number of para-hydroxylation sites is 1. The number of carbonyl (C=O) groups excluding carboxylic acids is 3. The van der Waals surface area contributed by atoms with E-state index in [1.807, 2.05) is 49.4 Å². The molecule has 0 saturated heterocycles. The van der Waals surface area contributed by atoms with Gasteiger partial charge in [-0.1, -0.05) is 35.9 Å². The molecule has 1 N–H and O–H groups in total. The number of aromatic nitrogens is 1. The molecule has 0 aliphatic heterocycles. The van der Waals surface area contributed by atoms with Gasteiger partial charge < -0.3 is 19.5 Å². The highest BCUT2D eigenvalue weighted by Gasteiger charge is 2.19. The quantitative estimate of drug-likeness (QED) is 0.653. The predicted octanol–water partition coefficient (Wildman–Crippen LogP) is 2.83. The van der Waals surface area contributed by atoms with Crippen LogP contribution in [0.15, 0.2) is 54.7 Å². The van der Waals surface area contributed by atoms with Gasteiger partial charge in [-0.05, 0) is 25.1 Å². The molecule has 1 aromatic heterocycles. The smallest absolute Gasteiger partial charge is 0.340 e. The summed E-state index contributed by atoms with van der Waals surface area (Å²) >= 11 is 0. The molecule has 3 aromatic rings. The highest BCUT2D eigenvalue weighted by atomic mass is 16.5. The molecule has 0 unspecified atom stereocenters. The molecular formula is C22H23N3O4. The average Bonchev–Trinajstić information content (AvgIpc) is 3.07. The number of ether oxygens (including phenoxy) is 1. The molecule has 0 saturated carbocycles. The number of hydrogen-bond donors (Lipinski definition) is 1. The monoisotopic (exact) mass is 393 g/mol. The lowest BCUT2D eigenvalue weighted by Crippen LogP contribution is -2.36. The van der Waals surface area contributed by atoms with E-state index in [1.165, 1.54) is 12.0 Å². The van der Waals surface area contributed by atoms with Crippen LogP contribution in [0.5, 0.6) is 0 Å². The van der Waals surface area contributed by atoms with E-state index in [4.69, 9.17) is 4.74 Å². The Bertz CT molecular complexity index is 1050. The highest BCUT2D eigenvalue weighted by molar-refractivity contribution is 6.04. The first-order chi connectivity index (χ1) is 13.9. The second-order valence-corrected chi connectivity index (χ2v) is 6.84. The lowest BCUT2D eigenvalue weighted by Gasteiger charge is -2.17. The number of likely N-dealkylation sites (N-methyl/N-ethyl adjacent to an activating group) is 1. The van der Waals surface area contributed by atoms with Crippen LogP contribution in [-0.2, 0) is 20.9 Å². The van der Waals surface area contributed by atoms with E-state index in [0.717, 1.165) is 11.1 Å². The molecule has 2 amide bonds. The first-order valence-electron chi connectivity index (χ1n) is 9.15. The molecule has 7 nitrogen and oxygen atoms in total. The Labute approximate surface area is 168 Å². The fourth-order valence-electron chi connectivity index (χ4n) is 3.06. The summed E-state index contributed by atoms with van der Waals surface area (Å²) in [6.45, 7) is 1.90. The molecular weight excluding hydrogens is 370 g/mol. The van der Waals surface area contributed by atoms with E-state index in [0.29, 0.717) is 16.6 Å². The summed E-state index contributed by atoms with van der Waals surface area (Å²) in [6, 6.07) is 14.7. The summed E-state index contributed by atoms with van der Waals surface area (Å²) in [5.74, 6) is -0.989. The van der Waals surface area contributed by atoms with Crippen LogP contribution in [-0.4, -0.2) is 48.0 Å². The first-order valence-corrected chi connectivity index (χ1v) is 9.15. The molecule has 0 aliphatic carbocycles. The lowest BCUT2D eigenvalue weighted by atomic mass is 10.2. The third-order valence-electron chi connectivity index (χ3n) is 4.64. The maximum absolute atomic E-state index is 12.6. The zero-order valence-corrected chi connectivity index (χ0v) is 16.6. The molecule has 0 bridgehead atoms. The van der Waals surface area contributed by atoms with E-state index in [1.54, 1.807) is 23.9 Å². The lowest BCUT2D eigenvalue weighted by molar-refractivity contribution is -0.133. The van der Waals surface area contributed by atoms with E-state index >= 15 is 0 Å². The van der Waals surface area contributed by atoms with Gasteiger partial charge in [-0.15, -0.1) is 0 Å². The van der Waals surface area contributed by atoms with Gasteiger partial charge in [-0.2, -0.15) is 0 Å². The zero-order valence-electron chi connectivity index (χ0n) is 16.6. The van der Waals surface area contributed by atoms with Gasteiger partial charge in [0.25, 0.3) is 0 Å². The van der Waals surface area contributed by atoms with Crippen LogP contribution in [0, 0.1) is 6.92 Å². The normalized spacial score (nSPS) is 10.6. The minimum Gasteiger partial charge on any atom is -0.465 e. The minimum atomic E-state index is -0.460. The fourth-order valence-corrected chi connectivity index (χ4v) is 3.06. The van der Waals surface area contributed by atoms with Crippen molar-refractivity contribution in [1.82, 2.24) is 9.47 Å². The maximum Gasteiger partial charge on any atom is 0.340 e. The van der Waals surface area contributed by atoms with Gasteiger partial charge in [0, 0.05) is 29.8 Å². The first kappa shape index (κ1) is 20.1. The van der Waals surface area contributed by atoms with Crippen molar-refractivity contribution in [2.75, 3.05) is 26.0 Å². The Balaban J connectivity index is 1.68. The topological polar surface area (TPSA) is 80.6 Å². The van der Waals surface area contributed by atoms with Gasteiger partial charge in [0.1, 0.15) is 6.54 Å². The van der Waals surface area contributed by atoms with Crippen LogP contribution in [0.4, 0.5) is 5.69 Å². The van der Waals surface area contributed by atoms with Crippen LogP contribution >= 0.6 is 0 Å². The molecule has 1 heterocycles. The van der Waals surface area contributed by atoms with Crippen molar-refractivity contribution in [3.8, 4) is 0 Å². The van der Waals surface area contributed by atoms with E-state index < -0.39 is 5.97 Å². The number of nitrogens with one attached hydrogen (secondary N) is 1. The summed E-state index contributed by atoms with van der Waals surface area (Å²) in [7, 11) is 2.89. The van der Waals surface area contributed by atoms with Crippen molar-refractivity contribution >= 4 is 34.4 Å². The minimum absolute atomic E-state index is 0.00577. The van der Waals surface area contributed by atoms with Crippen molar-refractivity contribution < 1.29 is 19.1 Å². The molecule has 0 atom stereocenters. The molecule has 7 heteroatoms. The highest BCUT2D eigenvalue weighted by Crippen LogP contribution is 2.22. The van der Waals surface area contributed by atoms with Gasteiger partial charge in [0.05, 0.1) is 19.2 Å². The van der Waals surface area contributed by atoms with Crippen molar-refractivity contribution in [1.29, 1.82) is 0 Å². The second kappa shape index (κ2) is 8.60. The number of amides is 2. The number of nitrogens with zero attached hydrogens (tertiary/aromatic N) is 2. The Morgan fingerprint density at radius 1 is 1.07 bits per heavy atom. The third-order valence-corrected chi connectivity index (χ3v) is 4.64. The number of anilines is 1. The van der Waals surface area contributed by atoms with Crippen molar-refractivity contribution in [2.24, 2.45) is 0 Å². The summed E-state index contributed by atoms with van der Waals surface area (Å²) in [5.41, 5.74) is 2.93. The number of rotatable bonds is 6. The number of carbonyl (C=O) groups is 3. The van der Waals surface area contributed by atoms with Crippen LogP contribution in [0.1, 0.15) is 15.9 Å². The number of benzene rings is 2. The number of fused-ring (bicyclic) bond motifs is 1. The Morgan fingerprint density at radius 3 is 2.45 bits per heavy atom. The van der Waals surface area contributed by atoms with Gasteiger partial charge in [-0.3, -0.25) is 9.59 Å². The molecule has 0 aliphatic rings.